The first-order chi connectivity index (χ1) is 5.29. The molecular weight excluding hydrogens is 134 g/mol. The molecule has 0 heterocycles. The van der Waals surface area contributed by atoms with Gasteiger partial charge in [0.05, 0.1) is 0 Å². The van der Waals surface area contributed by atoms with Gasteiger partial charge >= 0.3 is 0 Å². The monoisotopic (exact) mass is 147 g/mol. The van der Waals surface area contributed by atoms with Crippen molar-refractivity contribution >= 4 is 5.71 Å². The second kappa shape index (κ2) is 3.33. The summed E-state index contributed by atoms with van der Waals surface area (Å²) in [5.74, 6) is 0. The summed E-state index contributed by atoms with van der Waals surface area (Å²) in [7, 11) is 0. The maximum Gasteiger partial charge on any atom is 0.0388 e. The quantitative estimate of drug-likeness (QED) is 0.589. The number of rotatable bonds is 1. The highest BCUT2D eigenvalue weighted by Crippen LogP contribution is 2.26. The van der Waals surface area contributed by atoms with E-state index in [9.17, 15) is 0 Å². The summed E-state index contributed by atoms with van der Waals surface area (Å²) in [6.45, 7) is 5.62. The molecule has 1 rings (SSSR count). The van der Waals surface area contributed by atoms with Crippen molar-refractivity contribution in [3.63, 3.8) is 0 Å². The highest BCUT2D eigenvalue weighted by molar-refractivity contribution is 6.04. The fourth-order valence-corrected chi connectivity index (χ4v) is 1.40. The minimum absolute atomic E-state index is 0.764. The molecule has 0 aliphatic heterocycles. The van der Waals surface area contributed by atoms with Gasteiger partial charge < -0.3 is 5.41 Å². The smallest absolute Gasteiger partial charge is 0.0388 e. The lowest BCUT2D eigenvalue weighted by molar-refractivity contribution is 1.10. The van der Waals surface area contributed by atoms with Crippen molar-refractivity contribution in [3.8, 4) is 0 Å². The number of nitrogens with one attached hydrogen (secondary N) is 1. The van der Waals surface area contributed by atoms with Crippen LogP contribution in [0.25, 0.3) is 0 Å². The van der Waals surface area contributed by atoms with E-state index >= 15 is 0 Å². The Hall–Kier alpha value is -1.11. The molecule has 0 aromatic heterocycles. The van der Waals surface area contributed by atoms with Crippen LogP contribution in [-0.2, 0) is 0 Å². The van der Waals surface area contributed by atoms with Gasteiger partial charge in [-0.25, -0.2) is 0 Å². The molecule has 1 aliphatic rings. The molecule has 1 nitrogen and oxygen atoms in total. The van der Waals surface area contributed by atoms with Crippen LogP contribution < -0.4 is 0 Å². The standard InChI is InChI=1S/C10H13N/c1-3-5-8-6-7-10(11)9(8)4-2/h3-5,11H,1,6-7H2,2H3. The van der Waals surface area contributed by atoms with E-state index in [0.717, 1.165) is 24.1 Å². The molecule has 0 amide bonds. The maximum absolute atomic E-state index is 7.57. The van der Waals surface area contributed by atoms with Gasteiger partial charge in [-0.15, -0.1) is 0 Å². The van der Waals surface area contributed by atoms with Gasteiger partial charge in [-0.1, -0.05) is 24.8 Å². The predicted molar refractivity (Wildman–Crippen MR) is 49.0 cm³/mol. The normalized spacial score (nSPS) is 25.0. The van der Waals surface area contributed by atoms with E-state index in [4.69, 9.17) is 5.41 Å². The van der Waals surface area contributed by atoms with Crippen molar-refractivity contribution in [2.24, 2.45) is 0 Å². The zero-order chi connectivity index (χ0) is 8.27. The molecule has 0 radical (unpaired) electrons. The SMILES string of the molecule is C=CC=C1CCC(=N)C1=CC. The van der Waals surface area contributed by atoms with E-state index in [-0.39, 0.29) is 0 Å². The third-order valence-electron chi connectivity index (χ3n) is 1.92. The molecule has 11 heavy (non-hydrogen) atoms. The van der Waals surface area contributed by atoms with Crippen LogP contribution in [0.3, 0.4) is 0 Å². The van der Waals surface area contributed by atoms with Gasteiger partial charge in [0.1, 0.15) is 0 Å². The lowest BCUT2D eigenvalue weighted by Crippen LogP contribution is -1.89. The van der Waals surface area contributed by atoms with Crippen LogP contribution in [0.1, 0.15) is 19.8 Å². The van der Waals surface area contributed by atoms with E-state index in [1.807, 2.05) is 19.1 Å². The van der Waals surface area contributed by atoms with Gasteiger partial charge in [-0.05, 0) is 30.9 Å². The Bertz CT molecular complexity index is 244. The average Bonchev–Trinajstić information content (AvgIpc) is 2.33. The van der Waals surface area contributed by atoms with Gasteiger partial charge in [0.2, 0.25) is 0 Å². The highest BCUT2D eigenvalue weighted by Gasteiger charge is 2.16. The molecule has 0 aromatic rings. The first kappa shape index (κ1) is 7.99. The zero-order valence-electron chi connectivity index (χ0n) is 6.85. The summed E-state index contributed by atoms with van der Waals surface area (Å²) in [4.78, 5) is 0. The van der Waals surface area contributed by atoms with E-state index in [1.165, 1.54) is 5.57 Å². The predicted octanol–water partition coefficient (Wildman–Crippen LogP) is 2.86. The van der Waals surface area contributed by atoms with Crippen molar-refractivity contribution < 1.29 is 0 Å². The summed E-state index contributed by atoms with van der Waals surface area (Å²) >= 11 is 0. The Morgan fingerprint density at radius 3 is 2.73 bits per heavy atom. The van der Waals surface area contributed by atoms with Crippen LogP contribution in [0, 0.1) is 5.41 Å². The van der Waals surface area contributed by atoms with Crippen molar-refractivity contribution in [2.75, 3.05) is 0 Å². The lowest BCUT2D eigenvalue weighted by atomic mass is 10.1. The molecule has 1 fully saturated rings. The zero-order valence-corrected chi connectivity index (χ0v) is 6.85. The van der Waals surface area contributed by atoms with Crippen LogP contribution in [0.5, 0.6) is 0 Å². The molecule has 0 saturated heterocycles. The van der Waals surface area contributed by atoms with Crippen molar-refractivity contribution in [1.29, 1.82) is 5.41 Å². The number of hydrogen-bond donors (Lipinski definition) is 1. The fraction of sp³-hybridized carbons (Fsp3) is 0.300. The van der Waals surface area contributed by atoms with Crippen molar-refractivity contribution in [1.82, 2.24) is 0 Å². The molecular formula is C10H13N. The molecule has 0 aromatic carbocycles. The average molecular weight is 147 g/mol. The Morgan fingerprint density at radius 2 is 2.18 bits per heavy atom. The van der Waals surface area contributed by atoms with E-state index < -0.39 is 0 Å². The molecule has 0 bridgehead atoms. The number of allylic oxidation sites excluding steroid dienone is 5. The van der Waals surface area contributed by atoms with Crippen LogP contribution in [0.2, 0.25) is 0 Å². The molecule has 1 N–H and O–H groups in total. The summed E-state index contributed by atoms with van der Waals surface area (Å²) in [6.07, 6.45) is 7.68. The van der Waals surface area contributed by atoms with Gasteiger partial charge in [0.25, 0.3) is 0 Å². The summed E-state index contributed by atoms with van der Waals surface area (Å²) in [5, 5.41) is 7.57. The van der Waals surface area contributed by atoms with Gasteiger partial charge in [0.15, 0.2) is 0 Å². The molecule has 58 valence electrons. The molecule has 0 spiro atoms. The molecule has 1 heteroatoms. The van der Waals surface area contributed by atoms with Gasteiger partial charge in [0, 0.05) is 5.71 Å². The fourth-order valence-electron chi connectivity index (χ4n) is 1.40. The second-order valence-electron chi connectivity index (χ2n) is 2.61. The summed E-state index contributed by atoms with van der Waals surface area (Å²) < 4.78 is 0. The Kier molecular flexibility index (Phi) is 2.42. The molecule has 0 unspecified atom stereocenters. The Balaban J connectivity index is 2.95. The molecule has 1 saturated carbocycles. The number of hydrogen-bond acceptors (Lipinski definition) is 1. The van der Waals surface area contributed by atoms with Crippen LogP contribution >= 0.6 is 0 Å². The van der Waals surface area contributed by atoms with Gasteiger partial charge in [-0.3, -0.25) is 0 Å². The van der Waals surface area contributed by atoms with Crippen LogP contribution in [0.4, 0.5) is 0 Å². The largest absolute Gasteiger partial charge is 0.305 e. The van der Waals surface area contributed by atoms with Gasteiger partial charge in [-0.2, -0.15) is 0 Å². The van der Waals surface area contributed by atoms with Crippen molar-refractivity contribution in [2.45, 2.75) is 19.8 Å². The van der Waals surface area contributed by atoms with Crippen molar-refractivity contribution in [3.05, 3.63) is 36.0 Å². The van der Waals surface area contributed by atoms with E-state index in [2.05, 4.69) is 6.58 Å². The minimum atomic E-state index is 0.764. The topological polar surface area (TPSA) is 23.9 Å². The highest BCUT2D eigenvalue weighted by atomic mass is 14.5. The van der Waals surface area contributed by atoms with E-state index in [0.29, 0.717) is 0 Å². The second-order valence-corrected chi connectivity index (χ2v) is 2.61. The maximum atomic E-state index is 7.57. The molecule has 1 aliphatic carbocycles. The Labute approximate surface area is 67.6 Å². The first-order valence-electron chi connectivity index (χ1n) is 3.85. The minimum Gasteiger partial charge on any atom is -0.305 e. The van der Waals surface area contributed by atoms with Crippen LogP contribution in [-0.4, -0.2) is 5.71 Å². The third-order valence-corrected chi connectivity index (χ3v) is 1.92. The van der Waals surface area contributed by atoms with Crippen LogP contribution in [0.15, 0.2) is 36.0 Å². The summed E-state index contributed by atoms with van der Waals surface area (Å²) in [5.41, 5.74) is 3.12. The first-order valence-corrected chi connectivity index (χ1v) is 3.85. The summed E-state index contributed by atoms with van der Waals surface area (Å²) in [6, 6.07) is 0. The van der Waals surface area contributed by atoms with E-state index in [1.54, 1.807) is 6.08 Å². The lowest BCUT2D eigenvalue weighted by Gasteiger charge is -1.96. The Morgan fingerprint density at radius 1 is 1.45 bits per heavy atom. The third kappa shape index (κ3) is 1.48. The molecule has 0 atom stereocenters.